The van der Waals surface area contributed by atoms with Crippen molar-refractivity contribution in [3.63, 3.8) is 0 Å². The van der Waals surface area contributed by atoms with Crippen LogP contribution in [0.25, 0.3) is 11.3 Å². The van der Waals surface area contributed by atoms with Crippen LogP contribution in [0.15, 0.2) is 76.8 Å². The number of rotatable bonds is 6. The number of thiazole rings is 1. The Hall–Kier alpha value is -3.00. The molecule has 1 aliphatic rings. The van der Waals surface area contributed by atoms with Crippen molar-refractivity contribution < 1.29 is 9.53 Å². The molecule has 32 heavy (non-hydrogen) atoms. The van der Waals surface area contributed by atoms with E-state index in [-0.39, 0.29) is 12.0 Å². The molecule has 5 rings (SSSR count). The van der Waals surface area contributed by atoms with Crippen LogP contribution in [-0.4, -0.2) is 28.9 Å². The monoisotopic (exact) mass is 461 g/mol. The molecule has 0 saturated heterocycles. The zero-order valence-electron chi connectivity index (χ0n) is 17.4. The first kappa shape index (κ1) is 20.9. The van der Waals surface area contributed by atoms with E-state index in [4.69, 9.17) is 4.74 Å². The predicted octanol–water partition coefficient (Wildman–Crippen LogP) is 5.12. The first-order valence-corrected chi connectivity index (χ1v) is 12.3. The van der Waals surface area contributed by atoms with Gasteiger partial charge in [-0.3, -0.25) is 9.69 Å². The lowest BCUT2D eigenvalue weighted by atomic mass is 10.2. The number of hydrogen-bond donors (Lipinski definition) is 1. The summed E-state index contributed by atoms with van der Waals surface area (Å²) in [5, 5.41) is 10.1. The van der Waals surface area contributed by atoms with Gasteiger partial charge in [0.05, 0.1) is 18.8 Å². The molecule has 1 aliphatic heterocycles. The zero-order chi connectivity index (χ0) is 21.8. The molecular formula is C25H23N3O2S2. The number of aromatic nitrogens is 1. The molecule has 2 aromatic heterocycles. The lowest BCUT2D eigenvalue weighted by molar-refractivity contribution is -0.122. The van der Waals surface area contributed by atoms with E-state index in [9.17, 15) is 4.79 Å². The maximum absolute atomic E-state index is 12.8. The number of ether oxygens (including phenoxy) is 1. The van der Waals surface area contributed by atoms with E-state index in [1.54, 1.807) is 22.7 Å². The van der Waals surface area contributed by atoms with Crippen molar-refractivity contribution >= 4 is 28.6 Å². The first-order valence-electron chi connectivity index (χ1n) is 10.5. The number of thiophene rings is 1. The molecule has 0 fully saturated rings. The van der Waals surface area contributed by atoms with Gasteiger partial charge in [0.25, 0.3) is 0 Å². The van der Waals surface area contributed by atoms with Crippen LogP contribution >= 0.6 is 22.7 Å². The Kier molecular flexibility index (Phi) is 6.29. The van der Waals surface area contributed by atoms with Gasteiger partial charge < -0.3 is 10.1 Å². The third-order valence-electron chi connectivity index (χ3n) is 5.40. The van der Waals surface area contributed by atoms with Crippen LogP contribution in [0.4, 0.5) is 0 Å². The number of para-hydroxylation sites is 1. The van der Waals surface area contributed by atoms with E-state index in [0.717, 1.165) is 33.1 Å². The van der Waals surface area contributed by atoms with Crippen LogP contribution in [0, 0.1) is 0 Å². The van der Waals surface area contributed by atoms with Crippen molar-refractivity contribution in [1.29, 1.82) is 0 Å². The molecule has 0 saturated carbocycles. The summed E-state index contributed by atoms with van der Waals surface area (Å²) in [6, 6.07) is 20.2. The van der Waals surface area contributed by atoms with Crippen molar-refractivity contribution in [2.45, 2.75) is 19.2 Å². The molecular weight excluding hydrogens is 438 g/mol. The Bertz CT molecular complexity index is 1170. The molecule has 3 heterocycles. The van der Waals surface area contributed by atoms with Crippen LogP contribution < -0.4 is 10.1 Å². The Morgan fingerprint density at radius 1 is 1.09 bits per heavy atom. The normalized spacial score (nSPS) is 16.1. The topological polar surface area (TPSA) is 54.5 Å². The van der Waals surface area contributed by atoms with Gasteiger partial charge in [0.15, 0.2) is 0 Å². The van der Waals surface area contributed by atoms with Gasteiger partial charge in [-0.15, -0.1) is 11.3 Å². The van der Waals surface area contributed by atoms with Crippen LogP contribution in [0.2, 0.25) is 0 Å². The van der Waals surface area contributed by atoms with Gasteiger partial charge in [0.2, 0.25) is 5.91 Å². The van der Waals surface area contributed by atoms with Gasteiger partial charge in [-0.25, -0.2) is 4.98 Å². The van der Waals surface area contributed by atoms with Crippen molar-refractivity contribution in [3.8, 4) is 17.0 Å². The quantitative estimate of drug-likeness (QED) is 0.433. The van der Waals surface area contributed by atoms with Crippen molar-refractivity contribution in [2.24, 2.45) is 0 Å². The van der Waals surface area contributed by atoms with Crippen LogP contribution in [0.1, 0.15) is 22.2 Å². The van der Waals surface area contributed by atoms with Crippen molar-refractivity contribution in [1.82, 2.24) is 15.2 Å². The van der Waals surface area contributed by atoms with Gasteiger partial charge in [-0.1, -0.05) is 48.5 Å². The number of amides is 1. The lowest BCUT2D eigenvalue weighted by Crippen LogP contribution is -2.38. The van der Waals surface area contributed by atoms with E-state index in [1.807, 2.05) is 53.9 Å². The number of carbonyl (C=O) groups excluding carboxylic acids is 1. The fraction of sp³-hybridized carbons (Fsp3) is 0.200. The summed E-state index contributed by atoms with van der Waals surface area (Å²) in [6.07, 6.45) is -0.0925. The Morgan fingerprint density at radius 2 is 1.94 bits per heavy atom. The van der Waals surface area contributed by atoms with Crippen LogP contribution in [0.3, 0.4) is 0 Å². The Morgan fingerprint density at radius 3 is 2.78 bits per heavy atom. The summed E-state index contributed by atoms with van der Waals surface area (Å²) in [5.41, 5.74) is 4.28. The minimum Gasteiger partial charge on any atom is -0.484 e. The van der Waals surface area contributed by atoms with Gasteiger partial charge in [-0.2, -0.15) is 11.3 Å². The molecule has 4 aromatic rings. The predicted molar refractivity (Wildman–Crippen MR) is 129 cm³/mol. The van der Waals surface area contributed by atoms with Gasteiger partial charge in [-0.05, 0) is 22.9 Å². The zero-order valence-corrected chi connectivity index (χ0v) is 19.1. The number of benzene rings is 2. The molecule has 7 heteroatoms. The summed E-state index contributed by atoms with van der Waals surface area (Å²) >= 11 is 3.23. The lowest BCUT2D eigenvalue weighted by Gasteiger charge is -2.23. The minimum absolute atomic E-state index is 0.00934. The fourth-order valence-electron chi connectivity index (χ4n) is 3.80. The molecule has 5 nitrogen and oxygen atoms in total. The van der Waals surface area contributed by atoms with E-state index >= 15 is 0 Å². The minimum atomic E-state index is -0.0925. The molecule has 0 aliphatic carbocycles. The second-order valence-electron chi connectivity index (χ2n) is 7.71. The van der Waals surface area contributed by atoms with Crippen LogP contribution in [0.5, 0.6) is 5.75 Å². The highest BCUT2D eigenvalue weighted by Crippen LogP contribution is 2.31. The second-order valence-corrected chi connectivity index (χ2v) is 9.43. The Balaban J connectivity index is 1.23. The summed E-state index contributed by atoms with van der Waals surface area (Å²) in [5.74, 6) is 0.882. The first-order chi connectivity index (χ1) is 15.7. The third kappa shape index (κ3) is 4.91. The number of fused-ring (bicyclic) bond motifs is 1. The van der Waals surface area contributed by atoms with Crippen molar-refractivity contribution in [3.05, 3.63) is 92.9 Å². The molecule has 0 spiro atoms. The fourth-order valence-corrected chi connectivity index (χ4v) is 5.24. The average molecular weight is 462 g/mol. The van der Waals surface area contributed by atoms with Crippen LogP contribution in [-0.2, 0) is 17.9 Å². The number of nitrogens with one attached hydrogen (secondary N) is 1. The molecule has 1 unspecified atom stereocenters. The van der Waals surface area contributed by atoms with E-state index < -0.39 is 0 Å². The summed E-state index contributed by atoms with van der Waals surface area (Å²) in [6.45, 7) is 2.09. The van der Waals surface area contributed by atoms with Gasteiger partial charge in [0, 0.05) is 35.2 Å². The van der Waals surface area contributed by atoms with E-state index in [2.05, 4.69) is 38.1 Å². The number of hydrogen-bond acceptors (Lipinski definition) is 6. The second kappa shape index (κ2) is 9.65. The highest BCUT2D eigenvalue weighted by molar-refractivity contribution is 7.10. The summed E-state index contributed by atoms with van der Waals surface area (Å²) < 4.78 is 6.31. The van der Waals surface area contributed by atoms with Gasteiger partial charge >= 0.3 is 0 Å². The largest absolute Gasteiger partial charge is 0.484 e. The smallest absolute Gasteiger partial charge is 0.234 e. The summed E-state index contributed by atoms with van der Waals surface area (Å²) in [4.78, 5) is 19.6. The molecule has 162 valence electrons. The van der Waals surface area contributed by atoms with Gasteiger partial charge in [0.1, 0.15) is 16.9 Å². The van der Waals surface area contributed by atoms with E-state index in [0.29, 0.717) is 26.2 Å². The summed E-state index contributed by atoms with van der Waals surface area (Å²) in [7, 11) is 0. The highest BCUT2D eigenvalue weighted by Gasteiger charge is 2.25. The van der Waals surface area contributed by atoms with Crippen molar-refractivity contribution in [2.75, 3.05) is 13.1 Å². The molecule has 1 atom stereocenters. The maximum atomic E-state index is 12.8. The average Bonchev–Trinajstić information content (AvgIpc) is 3.48. The molecule has 1 amide bonds. The standard InChI is InChI=1S/C25H23N3O2S2/c29-24(26-12-25-27-21(17-32-25)18-6-2-1-3-7-18)15-28-13-19-8-4-5-9-22(19)30-23(14-28)20-10-11-31-16-20/h1-11,16-17,23H,12-15H2,(H,26,29). The molecule has 0 bridgehead atoms. The Labute approximate surface area is 195 Å². The number of nitrogens with zero attached hydrogens (tertiary/aromatic N) is 2. The highest BCUT2D eigenvalue weighted by atomic mass is 32.1. The molecule has 0 radical (unpaired) electrons. The maximum Gasteiger partial charge on any atom is 0.234 e. The molecule has 1 N–H and O–H groups in total. The van der Waals surface area contributed by atoms with E-state index in [1.165, 1.54) is 0 Å². The third-order valence-corrected chi connectivity index (χ3v) is 6.95. The number of carbonyl (C=O) groups is 1. The molecule has 2 aromatic carbocycles. The SMILES string of the molecule is O=C(CN1Cc2ccccc2OC(c2ccsc2)C1)NCc1nc(-c2ccccc2)cs1.